The van der Waals surface area contributed by atoms with Gasteiger partial charge in [-0.1, -0.05) is 103 Å². The van der Waals surface area contributed by atoms with Gasteiger partial charge in [-0.05, 0) is 34.4 Å². The van der Waals surface area contributed by atoms with Crippen molar-refractivity contribution in [1.82, 2.24) is 0 Å². The Labute approximate surface area is 217 Å². The molecule has 0 saturated carbocycles. The summed E-state index contributed by atoms with van der Waals surface area (Å²) in [6.07, 6.45) is 0. The Morgan fingerprint density at radius 3 is 1.03 bits per heavy atom. The van der Waals surface area contributed by atoms with Crippen molar-refractivity contribution in [1.29, 1.82) is 0 Å². The number of hydrogen-bond donors (Lipinski definition) is 4. The molecule has 0 fully saturated rings. The zero-order chi connectivity index (χ0) is 27.6. The second-order valence-electron chi connectivity index (χ2n) is 8.73. The van der Waals surface area contributed by atoms with E-state index in [1.807, 2.05) is 0 Å². The van der Waals surface area contributed by atoms with Crippen LogP contribution < -0.4 is 0 Å². The number of halogens is 1. The fourth-order valence-corrected chi connectivity index (χ4v) is 5.34. The van der Waals surface area contributed by atoms with Crippen molar-refractivity contribution in [2.45, 2.75) is 16.4 Å². The molecule has 0 amide bonds. The molecule has 0 bridgehead atoms. The van der Waals surface area contributed by atoms with Crippen molar-refractivity contribution in [2.75, 3.05) is 0 Å². The lowest BCUT2D eigenvalue weighted by atomic mass is 9.49. The summed E-state index contributed by atoms with van der Waals surface area (Å²) in [5.74, 6) is -6.50. The maximum atomic E-state index is 14.0. The Bertz CT molecular complexity index is 1420. The van der Waals surface area contributed by atoms with Crippen LogP contribution in [0.4, 0.5) is 4.39 Å². The van der Waals surface area contributed by atoms with Crippen molar-refractivity contribution in [3.8, 4) is 0 Å². The smallest absolute Gasteiger partial charge is 0.339 e. The monoisotopic (exact) mass is 514 g/mol. The normalized spacial score (nSPS) is 14.6. The van der Waals surface area contributed by atoms with Crippen LogP contribution in [0.1, 0.15) is 22.3 Å². The van der Waals surface area contributed by atoms with E-state index >= 15 is 0 Å². The largest absolute Gasteiger partial charge is 0.480 e. The molecular weight excluding hydrogens is 491 g/mol. The summed E-state index contributed by atoms with van der Waals surface area (Å²) in [6, 6.07) is 25.2. The molecule has 2 atom stereocenters. The number of carboxylic acids is 3. The number of benzene rings is 4. The van der Waals surface area contributed by atoms with Crippen LogP contribution in [0, 0.1) is 5.82 Å². The highest BCUT2D eigenvalue weighted by atomic mass is 19.1. The third-order valence-electron chi connectivity index (χ3n) is 6.93. The van der Waals surface area contributed by atoms with Crippen LogP contribution in [0.5, 0.6) is 0 Å². The maximum absolute atomic E-state index is 14.0. The minimum atomic E-state index is -3.63. The summed E-state index contributed by atoms with van der Waals surface area (Å²) < 4.78 is 14.0. The Hall–Kier alpha value is -4.82. The van der Waals surface area contributed by atoms with Crippen LogP contribution in [-0.4, -0.2) is 43.9 Å². The highest BCUT2D eigenvalue weighted by Gasteiger charge is 2.76. The molecule has 0 heterocycles. The Morgan fingerprint density at radius 2 is 0.763 bits per heavy atom. The molecule has 38 heavy (non-hydrogen) atoms. The Kier molecular flexibility index (Phi) is 6.85. The first-order chi connectivity index (χ1) is 18.1. The SMILES string of the molecule is O=C(O)C(c1ccccc1)(c1ccccc1)C(O)(C(=O)O)C(C(=O)O)(c1ccccc1)c1ccc(F)cc1. The van der Waals surface area contributed by atoms with Gasteiger partial charge < -0.3 is 20.4 Å². The van der Waals surface area contributed by atoms with E-state index in [0.717, 1.165) is 24.3 Å². The van der Waals surface area contributed by atoms with Crippen molar-refractivity contribution in [2.24, 2.45) is 0 Å². The van der Waals surface area contributed by atoms with Crippen LogP contribution in [0.15, 0.2) is 115 Å². The summed E-state index contributed by atoms with van der Waals surface area (Å²) in [5, 5.41) is 45.4. The molecule has 0 aromatic heterocycles. The topological polar surface area (TPSA) is 132 Å². The van der Waals surface area contributed by atoms with Gasteiger partial charge in [0, 0.05) is 0 Å². The van der Waals surface area contributed by atoms with E-state index in [9.17, 15) is 39.2 Å². The lowest BCUT2D eigenvalue weighted by molar-refractivity contribution is -0.190. The first-order valence-corrected chi connectivity index (χ1v) is 11.5. The molecule has 192 valence electrons. The van der Waals surface area contributed by atoms with Gasteiger partial charge in [-0.25, -0.2) is 9.18 Å². The molecule has 0 aliphatic rings. The number of hydrogen-bond acceptors (Lipinski definition) is 4. The molecule has 2 unspecified atom stereocenters. The predicted octanol–water partition coefficient (Wildman–Crippen LogP) is 4.08. The Morgan fingerprint density at radius 1 is 0.474 bits per heavy atom. The van der Waals surface area contributed by atoms with Crippen LogP contribution >= 0.6 is 0 Å². The summed E-state index contributed by atoms with van der Waals surface area (Å²) in [6.45, 7) is 0. The molecule has 4 aromatic rings. The van der Waals surface area contributed by atoms with Crippen molar-refractivity contribution in [3.63, 3.8) is 0 Å². The van der Waals surface area contributed by atoms with Crippen LogP contribution in [0.3, 0.4) is 0 Å². The minimum absolute atomic E-state index is 0.174. The predicted molar refractivity (Wildman–Crippen MR) is 135 cm³/mol. The highest BCUT2D eigenvalue weighted by molar-refractivity contribution is 6.05. The third kappa shape index (κ3) is 3.57. The average Bonchev–Trinajstić information content (AvgIpc) is 2.92. The highest BCUT2D eigenvalue weighted by Crippen LogP contribution is 2.55. The van der Waals surface area contributed by atoms with Crippen molar-refractivity contribution in [3.05, 3.63) is 143 Å². The molecule has 4 N–H and O–H groups in total. The second-order valence-corrected chi connectivity index (χ2v) is 8.73. The number of aliphatic carboxylic acids is 3. The van der Waals surface area contributed by atoms with E-state index in [1.54, 1.807) is 18.2 Å². The maximum Gasteiger partial charge on any atom is 0.339 e. The summed E-state index contributed by atoms with van der Waals surface area (Å²) in [4.78, 5) is 40.4. The first kappa shape index (κ1) is 26.2. The van der Waals surface area contributed by atoms with Crippen molar-refractivity contribution >= 4 is 17.9 Å². The molecular formula is C30H23FO7. The summed E-state index contributed by atoms with van der Waals surface area (Å²) in [5.41, 5.74) is -10.3. The number of rotatable bonds is 9. The van der Waals surface area contributed by atoms with Crippen LogP contribution in [0.2, 0.25) is 0 Å². The van der Waals surface area contributed by atoms with E-state index < -0.39 is 40.2 Å². The summed E-state index contributed by atoms with van der Waals surface area (Å²) >= 11 is 0. The van der Waals surface area contributed by atoms with E-state index in [4.69, 9.17) is 0 Å². The molecule has 4 rings (SSSR count). The number of carbonyl (C=O) groups is 3. The number of aliphatic hydroxyl groups is 1. The van der Waals surface area contributed by atoms with E-state index in [-0.39, 0.29) is 22.3 Å². The van der Waals surface area contributed by atoms with Gasteiger partial charge >= 0.3 is 17.9 Å². The van der Waals surface area contributed by atoms with Crippen molar-refractivity contribution < 1.29 is 39.2 Å². The molecule has 8 heteroatoms. The lowest BCUT2D eigenvalue weighted by Gasteiger charge is -2.51. The molecule has 0 radical (unpaired) electrons. The number of carboxylic acid groups (broad SMARTS) is 3. The van der Waals surface area contributed by atoms with Gasteiger partial charge in [0.25, 0.3) is 0 Å². The quantitative estimate of drug-likeness (QED) is 0.265. The molecule has 0 spiro atoms. The fraction of sp³-hybridized carbons (Fsp3) is 0.100. The lowest BCUT2D eigenvalue weighted by Crippen LogP contribution is -2.74. The molecule has 0 aliphatic carbocycles. The summed E-state index contributed by atoms with van der Waals surface area (Å²) in [7, 11) is 0. The minimum Gasteiger partial charge on any atom is -0.480 e. The first-order valence-electron chi connectivity index (χ1n) is 11.5. The zero-order valence-electron chi connectivity index (χ0n) is 19.9. The molecule has 0 aliphatic heterocycles. The van der Waals surface area contributed by atoms with E-state index in [0.29, 0.717) is 0 Å². The van der Waals surface area contributed by atoms with E-state index in [2.05, 4.69) is 0 Å². The van der Waals surface area contributed by atoms with Gasteiger partial charge in [0.05, 0.1) is 0 Å². The van der Waals surface area contributed by atoms with Gasteiger partial charge in [-0.3, -0.25) is 9.59 Å². The molecule has 7 nitrogen and oxygen atoms in total. The fourth-order valence-electron chi connectivity index (χ4n) is 5.34. The second kappa shape index (κ2) is 9.91. The van der Waals surface area contributed by atoms with Crippen LogP contribution in [-0.2, 0) is 25.2 Å². The molecule has 4 aromatic carbocycles. The molecule has 0 saturated heterocycles. The van der Waals surface area contributed by atoms with E-state index in [1.165, 1.54) is 72.8 Å². The third-order valence-corrected chi connectivity index (χ3v) is 6.93. The van der Waals surface area contributed by atoms with Gasteiger partial charge in [0.2, 0.25) is 5.60 Å². The van der Waals surface area contributed by atoms with Gasteiger partial charge in [0.1, 0.15) is 5.82 Å². The zero-order valence-corrected chi connectivity index (χ0v) is 19.9. The van der Waals surface area contributed by atoms with Gasteiger partial charge in [0.15, 0.2) is 10.8 Å². The average molecular weight is 515 g/mol. The van der Waals surface area contributed by atoms with Gasteiger partial charge in [-0.2, -0.15) is 0 Å². The van der Waals surface area contributed by atoms with Gasteiger partial charge in [-0.15, -0.1) is 0 Å². The Balaban J connectivity index is 2.33. The van der Waals surface area contributed by atoms with Crippen LogP contribution in [0.25, 0.3) is 0 Å². The standard InChI is InChI=1S/C30H23FO7/c31-24-18-16-23(17-19-24)29(26(34)35,22-14-8-3-9-15-22)30(38,27(36)37)28(25(32)33,20-10-4-1-5-11-20)21-12-6-2-7-13-21/h1-19,38H,(H,32,33)(H,34,35)(H,36,37).